The van der Waals surface area contributed by atoms with E-state index in [1.807, 2.05) is 17.0 Å². The molecule has 1 saturated heterocycles. The molecule has 196 valence electrons. The summed E-state index contributed by atoms with van der Waals surface area (Å²) >= 11 is 5.86. The van der Waals surface area contributed by atoms with Crippen LogP contribution in [-0.4, -0.2) is 92.0 Å². The molecule has 1 amide bonds. The van der Waals surface area contributed by atoms with Crippen molar-refractivity contribution < 1.29 is 43.5 Å². The minimum atomic E-state index is -1.82. The van der Waals surface area contributed by atoms with Crippen molar-refractivity contribution in [1.29, 1.82) is 0 Å². The quantitative estimate of drug-likeness (QED) is 0.495. The van der Waals surface area contributed by atoms with Gasteiger partial charge in [-0.05, 0) is 30.3 Å². The summed E-state index contributed by atoms with van der Waals surface area (Å²) in [6, 6.07) is 10.8. The van der Waals surface area contributed by atoms with Crippen LogP contribution in [0.5, 0.6) is 23.0 Å². The van der Waals surface area contributed by atoms with Crippen LogP contribution in [0.25, 0.3) is 0 Å². The molecule has 0 atom stereocenters. The number of carbonyl (C=O) groups is 3. The lowest BCUT2D eigenvalue weighted by Crippen LogP contribution is -2.49. The van der Waals surface area contributed by atoms with Crippen LogP contribution in [0.2, 0.25) is 5.02 Å². The highest BCUT2D eigenvalue weighted by Gasteiger charge is 2.23. The molecule has 36 heavy (non-hydrogen) atoms. The third kappa shape index (κ3) is 8.51. The number of carbonyl (C=O) groups excluding carboxylic acids is 1. The summed E-state index contributed by atoms with van der Waals surface area (Å²) in [7, 11) is 4.86. The lowest BCUT2D eigenvalue weighted by atomic mass is 10.1. The molecule has 1 fully saturated rings. The van der Waals surface area contributed by atoms with E-state index in [0.717, 1.165) is 24.4 Å². The van der Waals surface area contributed by atoms with Crippen LogP contribution < -0.4 is 18.9 Å². The normalized spacial score (nSPS) is 13.2. The highest BCUT2D eigenvalue weighted by atomic mass is 35.5. The Balaban J connectivity index is 0.000000678. The van der Waals surface area contributed by atoms with Crippen LogP contribution in [0.1, 0.15) is 5.56 Å². The number of amides is 1. The fraction of sp³-hybridized carbons (Fsp3) is 0.375. The summed E-state index contributed by atoms with van der Waals surface area (Å²) in [5.74, 6) is -0.983. The Kier molecular flexibility index (Phi) is 11.1. The molecule has 0 unspecified atom stereocenters. The third-order valence-corrected chi connectivity index (χ3v) is 5.52. The van der Waals surface area contributed by atoms with Gasteiger partial charge in [-0.1, -0.05) is 11.6 Å². The minimum Gasteiger partial charge on any atom is -0.496 e. The number of carboxylic acids is 2. The Labute approximate surface area is 213 Å². The maximum Gasteiger partial charge on any atom is 0.414 e. The molecule has 0 spiro atoms. The number of carboxylic acid groups (broad SMARTS) is 2. The Morgan fingerprint density at radius 1 is 0.833 bits per heavy atom. The second-order valence-corrected chi connectivity index (χ2v) is 7.97. The fourth-order valence-corrected chi connectivity index (χ4v) is 3.51. The topological polar surface area (TPSA) is 135 Å². The predicted molar refractivity (Wildman–Crippen MR) is 130 cm³/mol. The van der Waals surface area contributed by atoms with E-state index in [4.69, 9.17) is 50.4 Å². The van der Waals surface area contributed by atoms with Gasteiger partial charge in [0.1, 0.15) is 11.5 Å². The van der Waals surface area contributed by atoms with E-state index >= 15 is 0 Å². The van der Waals surface area contributed by atoms with Gasteiger partial charge in [0, 0.05) is 49.4 Å². The monoisotopic (exact) mass is 524 g/mol. The molecule has 0 saturated carbocycles. The van der Waals surface area contributed by atoms with Crippen molar-refractivity contribution in [3.05, 3.63) is 47.0 Å². The highest BCUT2D eigenvalue weighted by Crippen LogP contribution is 2.35. The van der Waals surface area contributed by atoms with Crippen molar-refractivity contribution in [2.45, 2.75) is 6.54 Å². The largest absolute Gasteiger partial charge is 0.496 e. The van der Waals surface area contributed by atoms with Crippen LogP contribution in [0.15, 0.2) is 36.4 Å². The molecule has 1 heterocycles. The van der Waals surface area contributed by atoms with Crippen molar-refractivity contribution >= 4 is 29.4 Å². The standard InChI is InChI=1S/C22H27ClN2O5.C2H2O4/c1-27-19-13-21(29-3)20(28-2)12-16(19)14-24-8-10-25(11-9-24)22(26)15-30-18-6-4-17(23)5-7-18;3-1(4)2(5)6/h4-7,12-13H,8-11,14-15H2,1-3H3;(H,3,4)(H,5,6). The molecule has 3 rings (SSSR count). The number of benzene rings is 2. The number of aliphatic carboxylic acids is 2. The summed E-state index contributed by atoms with van der Waals surface area (Å²) in [6.07, 6.45) is 0. The molecule has 2 aromatic rings. The smallest absolute Gasteiger partial charge is 0.414 e. The minimum absolute atomic E-state index is 0.0190. The fourth-order valence-electron chi connectivity index (χ4n) is 3.38. The van der Waals surface area contributed by atoms with E-state index in [0.29, 0.717) is 41.9 Å². The first-order valence-electron chi connectivity index (χ1n) is 10.8. The van der Waals surface area contributed by atoms with Crippen molar-refractivity contribution in [1.82, 2.24) is 9.80 Å². The summed E-state index contributed by atoms with van der Waals surface area (Å²) < 4.78 is 21.8. The third-order valence-electron chi connectivity index (χ3n) is 5.26. The number of rotatable bonds is 8. The molecule has 2 aromatic carbocycles. The SMILES string of the molecule is COc1cc(OC)c(OC)cc1CN1CCN(C(=O)COc2ccc(Cl)cc2)CC1.O=C(O)C(=O)O. The molecule has 2 N–H and O–H groups in total. The number of halogens is 1. The molecule has 12 heteroatoms. The number of piperazine rings is 1. The average Bonchev–Trinajstić information content (AvgIpc) is 2.88. The molecular weight excluding hydrogens is 496 g/mol. The second-order valence-electron chi connectivity index (χ2n) is 7.53. The lowest BCUT2D eigenvalue weighted by molar-refractivity contribution is -0.159. The highest BCUT2D eigenvalue weighted by molar-refractivity contribution is 6.30. The zero-order valence-electron chi connectivity index (χ0n) is 20.2. The van der Waals surface area contributed by atoms with E-state index < -0.39 is 11.9 Å². The first-order valence-corrected chi connectivity index (χ1v) is 11.2. The van der Waals surface area contributed by atoms with Crippen LogP contribution in [-0.2, 0) is 20.9 Å². The number of nitrogens with zero attached hydrogens (tertiary/aromatic N) is 2. The van der Waals surface area contributed by atoms with Crippen molar-refractivity contribution in [2.24, 2.45) is 0 Å². The van der Waals surface area contributed by atoms with Gasteiger partial charge in [-0.3, -0.25) is 9.69 Å². The predicted octanol–water partition coefficient (Wildman–Crippen LogP) is 2.24. The number of ether oxygens (including phenoxy) is 4. The zero-order chi connectivity index (χ0) is 26.7. The summed E-state index contributed by atoms with van der Waals surface area (Å²) in [5, 5.41) is 15.4. The number of hydrogen-bond acceptors (Lipinski definition) is 8. The Morgan fingerprint density at radius 2 is 1.36 bits per heavy atom. The van der Waals surface area contributed by atoms with Gasteiger partial charge in [-0.25, -0.2) is 9.59 Å². The van der Waals surface area contributed by atoms with Gasteiger partial charge in [0.05, 0.1) is 21.3 Å². The van der Waals surface area contributed by atoms with Gasteiger partial charge in [-0.15, -0.1) is 0 Å². The maximum absolute atomic E-state index is 12.5. The first-order chi connectivity index (χ1) is 17.2. The van der Waals surface area contributed by atoms with Gasteiger partial charge in [0.25, 0.3) is 5.91 Å². The zero-order valence-corrected chi connectivity index (χ0v) is 21.0. The maximum atomic E-state index is 12.5. The molecule has 0 aromatic heterocycles. The van der Waals surface area contributed by atoms with E-state index in [9.17, 15) is 4.79 Å². The number of methoxy groups -OCH3 is 3. The Hall–Kier alpha value is -3.70. The van der Waals surface area contributed by atoms with Crippen molar-refractivity contribution in [2.75, 3.05) is 54.1 Å². The molecule has 11 nitrogen and oxygen atoms in total. The van der Waals surface area contributed by atoms with Crippen LogP contribution >= 0.6 is 11.6 Å². The van der Waals surface area contributed by atoms with E-state index in [2.05, 4.69) is 4.90 Å². The Bertz CT molecular complexity index is 1030. The average molecular weight is 525 g/mol. The summed E-state index contributed by atoms with van der Waals surface area (Å²) in [6.45, 7) is 3.56. The van der Waals surface area contributed by atoms with Crippen LogP contribution in [0.3, 0.4) is 0 Å². The summed E-state index contributed by atoms with van der Waals surface area (Å²) in [5.41, 5.74) is 1.01. The molecule has 0 radical (unpaired) electrons. The van der Waals surface area contributed by atoms with E-state index in [1.54, 1.807) is 45.6 Å². The Morgan fingerprint density at radius 3 is 1.86 bits per heavy atom. The van der Waals surface area contributed by atoms with E-state index in [1.165, 1.54) is 0 Å². The first kappa shape index (κ1) is 28.5. The van der Waals surface area contributed by atoms with Crippen molar-refractivity contribution in [3.63, 3.8) is 0 Å². The molecule has 0 bridgehead atoms. The number of hydrogen-bond donors (Lipinski definition) is 2. The molecule has 0 aliphatic carbocycles. The molecule has 1 aliphatic heterocycles. The van der Waals surface area contributed by atoms with Gasteiger partial charge < -0.3 is 34.1 Å². The van der Waals surface area contributed by atoms with Gasteiger partial charge in [0.15, 0.2) is 18.1 Å². The van der Waals surface area contributed by atoms with Gasteiger partial charge in [-0.2, -0.15) is 0 Å². The molecule has 1 aliphatic rings. The lowest BCUT2D eigenvalue weighted by Gasteiger charge is -2.35. The second kappa shape index (κ2) is 14.0. The van der Waals surface area contributed by atoms with Crippen LogP contribution in [0.4, 0.5) is 0 Å². The summed E-state index contributed by atoms with van der Waals surface area (Å²) in [4.78, 5) is 34.8. The van der Waals surface area contributed by atoms with E-state index in [-0.39, 0.29) is 12.5 Å². The van der Waals surface area contributed by atoms with Crippen LogP contribution in [0, 0.1) is 0 Å². The molecular formula is C24H29ClN2O9. The van der Waals surface area contributed by atoms with Gasteiger partial charge >= 0.3 is 11.9 Å². The van der Waals surface area contributed by atoms with Gasteiger partial charge in [0.2, 0.25) is 0 Å². The van der Waals surface area contributed by atoms with Crippen molar-refractivity contribution in [3.8, 4) is 23.0 Å².